The minimum absolute atomic E-state index is 0.0178. The van der Waals surface area contributed by atoms with E-state index in [2.05, 4.69) is 20.8 Å². The van der Waals surface area contributed by atoms with E-state index in [-0.39, 0.29) is 17.9 Å². The van der Waals surface area contributed by atoms with Crippen LogP contribution in [0.4, 0.5) is 0 Å². The fourth-order valence-electron chi connectivity index (χ4n) is 1.34. The van der Waals surface area contributed by atoms with E-state index in [1.807, 2.05) is 0 Å². The van der Waals surface area contributed by atoms with Crippen molar-refractivity contribution >= 4 is 11.6 Å². The molecule has 0 aromatic carbocycles. The van der Waals surface area contributed by atoms with Crippen molar-refractivity contribution in [1.29, 1.82) is 0 Å². The van der Waals surface area contributed by atoms with Gasteiger partial charge in [0.05, 0.1) is 6.10 Å². The Hall–Kier alpha value is 0.210. The van der Waals surface area contributed by atoms with Crippen LogP contribution in [0.25, 0.3) is 0 Å². The molecule has 0 bridgehead atoms. The molecule has 0 radical (unpaired) electrons. The predicted octanol–water partition coefficient (Wildman–Crippen LogP) is 2.02. The SMILES string of the molecule is CC(C)(C)CC(O)C(CO)CCCl. The van der Waals surface area contributed by atoms with E-state index in [0.717, 1.165) is 0 Å². The molecule has 2 unspecified atom stereocenters. The first-order chi connectivity index (χ1) is 5.90. The molecule has 0 aromatic rings. The summed E-state index contributed by atoms with van der Waals surface area (Å²) in [5.74, 6) is 0.420. The minimum atomic E-state index is -0.441. The lowest BCUT2D eigenvalue weighted by atomic mass is 9.84. The third-order valence-electron chi connectivity index (χ3n) is 2.08. The van der Waals surface area contributed by atoms with Gasteiger partial charge in [0.1, 0.15) is 0 Å². The first-order valence-electron chi connectivity index (χ1n) is 4.75. The molecule has 0 amide bonds. The Balaban J connectivity index is 3.97. The summed E-state index contributed by atoms with van der Waals surface area (Å²) >= 11 is 5.57. The third kappa shape index (κ3) is 6.30. The van der Waals surface area contributed by atoms with Crippen LogP contribution in [0.3, 0.4) is 0 Å². The van der Waals surface area contributed by atoms with E-state index in [4.69, 9.17) is 16.7 Å². The second kappa shape index (κ2) is 5.84. The summed E-state index contributed by atoms with van der Waals surface area (Å²) in [6.45, 7) is 6.24. The first-order valence-corrected chi connectivity index (χ1v) is 5.29. The molecule has 0 saturated carbocycles. The van der Waals surface area contributed by atoms with Crippen molar-refractivity contribution in [2.24, 2.45) is 11.3 Å². The number of halogens is 1. The van der Waals surface area contributed by atoms with Gasteiger partial charge in [0.15, 0.2) is 0 Å². The Morgan fingerprint density at radius 1 is 1.31 bits per heavy atom. The van der Waals surface area contributed by atoms with Crippen LogP contribution >= 0.6 is 11.6 Å². The molecule has 0 aliphatic carbocycles. The Labute approximate surface area is 85.9 Å². The van der Waals surface area contributed by atoms with Gasteiger partial charge < -0.3 is 10.2 Å². The molecule has 0 fully saturated rings. The second-order valence-electron chi connectivity index (χ2n) is 4.75. The minimum Gasteiger partial charge on any atom is -0.396 e. The van der Waals surface area contributed by atoms with Gasteiger partial charge in [-0.25, -0.2) is 0 Å². The predicted molar refractivity (Wildman–Crippen MR) is 56.0 cm³/mol. The van der Waals surface area contributed by atoms with Crippen LogP contribution in [0.1, 0.15) is 33.6 Å². The monoisotopic (exact) mass is 208 g/mol. The lowest BCUT2D eigenvalue weighted by molar-refractivity contribution is 0.0357. The van der Waals surface area contributed by atoms with E-state index in [0.29, 0.717) is 18.7 Å². The zero-order chi connectivity index (χ0) is 10.5. The number of hydrogen-bond donors (Lipinski definition) is 2. The van der Waals surface area contributed by atoms with Crippen molar-refractivity contribution in [2.75, 3.05) is 12.5 Å². The highest BCUT2D eigenvalue weighted by Gasteiger charge is 2.23. The van der Waals surface area contributed by atoms with Crippen LogP contribution < -0.4 is 0 Å². The van der Waals surface area contributed by atoms with Gasteiger partial charge in [-0.3, -0.25) is 0 Å². The lowest BCUT2D eigenvalue weighted by Crippen LogP contribution is -2.28. The average molecular weight is 209 g/mol. The number of aliphatic hydroxyl groups excluding tert-OH is 2. The molecule has 0 saturated heterocycles. The first kappa shape index (κ1) is 13.2. The highest BCUT2D eigenvalue weighted by atomic mass is 35.5. The number of alkyl halides is 1. The molecule has 0 aromatic heterocycles. The van der Waals surface area contributed by atoms with Crippen LogP contribution in [0.5, 0.6) is 0 Å². The van der Waals surface area contributed by atoms with E-state index in [9.17, 15) is 5.11 Å². The van der Waals surface area contributed by atoms with Gasteiger partial charge in [-0.15, -0.1) is 11.6 Å². The van der Waals surface area contributed by atoms with Gasteiger partial charge in [0, 0.05) is 18.4 Å². The Kier molecular flexibility index (Phi) is 5.93. The molecule has 3 heteroatoms. The van der Waals surface area contributed by atoms with Crippen molar-refractivity contribution in [3.8, 4) is 0 Å². The summed E-state index contributed by atoms with van der Waals surface area (Å²) in [7, 11) is 0. The van der Waals surface area contributed by atoms with Crippen LogP contribution in [0.15, 0.2) is 0 Å². The highest BCUT2D eigenvalue weighted by Crippen LogP contribution is 2.25. The molecule has 0 rings (SSSR count). The summed E-state index contributed by atoms with van der Waals surface area (Å²) in [5, 5.41) is 18.8. The van der Waals surface area contributed by atoms with Crippen molar-refractivity contribution in [3.63, 3.8) is 0 Å². The summed E-state index contributed by atoms with van der Waals surface area (Å²) in [6.07, 6.45) is 0.938. The van der Waals surface area contributed by atoms with Crippen molar-refractivity contribution in [1.82, 2.24) is 0 Å². The van der Waals surface area contributed by atoms with E-state index < -0.39 is 6.10 Å². The normalized spacial score (nSPS) is 17.1. The quantitative estimate of drug-likeness (QED) is 0.679. The highest BCUT2D eigenvalue weighted by molar-refractivity contribution is 6.17. The molecular formula is C10H21ClO2. The van der Waals surface area contributed by atoms with Crippen LogP contribution in [0.2, 0.25) is 0 Å². The smallest absolute Gasteiger partial charge is 0.0595 e. The Morgan fingerprint density at radius 3 is 2.15 bits per heavy atom. The Bertz CT molecular complexity index is 131. The maximum Gasteiger partial charge on any atom is 0.0595 e. The van der Waals surface area contributed by atoms with Gasteiger partial charge in [-0.05, 0) is 18.3 Å². The van der Waals surface area contributed by atoms with Crippen molar-refractivity contribution < 1.29 is 10.2 Å². The van der Waals surface area contributed by atoms with E-state index >= 15 is 0 Å². The molecule has 0 aliphatic heterocycles. The molecule has 2 N–H and O–H groups in total. The third-order valence-corrected chi connectivity index (χ3v) is 2.30. The standard InChI is InChI=1S/C10H21ClO2/c1-10(2,3)6-9(13)8(7-12)4-5-11/h8-9,12-13H,4-7H2,1-3H3. The van der Waals surface area contributed by atoms with Gasteiger partial charge in [0.25, 0.3) is 0 Å². The van der Waals surface area contributed by atoms with Crippen molar-refractivity contribution in [2.45, 2.75) is 39.7 Å². The number of hydrogen-bond acceptors (Lipinski definition) is 2. The second-order valence-corrected chi connectivity index (χ2v) is 5.13. The van der Waals surface area contributed by atoms with E-state index in [1.54, 1.807) is 0 Å². The van der Waals surface area contributed by atoms with Crippen molar-refractivity contribution in [3.05, 3.63) is 0 Å². The van der Waals surface area contributed by atoms with E-state index in [1.165, 1.54) is 0 Å². The molecule has 0 aliphatic rings. The molecule has 2 nitrogen and oxygen atoms in total. The van der Waals surface area contributed by atoms with Crippen LogP contribution in [-0.2, 0) is 0 Å². The summed E-state index contributed by atoms with van der Waals surface area (Å²) in [4.78, 5) is 0. The number of rotatable bonds is 5. The topological polar surface area (TPSA) is 40.5 Å². The van der Waals surface area contributed by atoms with Crippen LogP contribution in [-0.4, -0.2) is 28.8 Å². The van der Waals surface area contributed by atoms with Gasteiger partial charge in [-0.1, -0.05) is 20.8 Å². The molecule has 2 atom stereocenters. The van der Waals surface area contributed by atoms with Gasteiger partial charge in [0.2, 0.25) is 0 Å². The zero-order valence-electron chi connectivity index (χ0n) is 8.76. The largest absolute Gasteiger partial charge is 0.396 e. The number of aliphatic hydroxyl groups is 2. The molecule has 0 spiro atoms. The summed E-state index contributed by atoms with van der Waals surface area (Å²) < 4.78 is 0. The molecule has 13 heavy (non-hydrogen) atoms. The fourth-order valence-corrected chi connectivity index (χ4v) is 1.62. The summed E-state index contributed by atoms with van der Waals surface area (Å²) in [6, 6.07) is 0. The molecule has 80 valence electrons. The lowest BCUT2D eigenvalue weighted by Gasteiger charge is -2.27. The maximum atomic E-state index is 9.76. The fraction of sp³-hybridized carbons (Fsp3) is 1.00. The zero-order valence-corrected chi connectivity index (χ0v) is 9.51. The maximum absolute atomic E-state index is 9.76. The average Bonchev–Trinajstić information content (AvgIpc) is 1.96. The van der Waals surface area contributed by atoms with Gasteiger partial charge >= 0.3 is 0 Å². The van der Waals surface area contributed by atoms with Crippen LogP contribution in [0, 0.1) is 11.3 Å². The van der Waals surface area contributed by atoms with Gasteiger partial charge in [-0.2, -0.15) is 0 Å². The summed E-state index contributed by atoms with van der Waals surface area (Å²) in [5.41, 5.74) is 0.0964. The Morgan fingerprint density at radius 2 is 1.85 bits per heavy atom. The molecular weight excluding hydrogens is 188 g/mol. The molecule has 0 heterocycles.